The van der Waals surface area contributed by atoms with E-state index in [-0.39, 0.29) is 16.5 Å². The Morgan fingerprint density at radius 2 is 1.86 bits per heavy atom. The molecule has 0 aliphatic rings. The van der Waals surface area contributed by atoms with Crippen LogP contribution in [0.25, 0.3) is 0 Å². The van der Waals surface area contributed by atoms with E-state index in [2.05, 4.69) is 0 Å². The quantitative estimate of drug-likeness (QED) is 0.374. The van der Waals surface area contributed by atoms with E-state index in [0.717, 1.165) is 23.6 Å². The molecule has 2 rings (SSSR count). The third-order valence-electron chi connectivity index (χ3n) is 4.04. The van der Waals surface area contributed by atoms with Gasteiger partial charge in [0, 0.05) is 24.2 Å². The van der Waals surface area contributed by atoms with Crippen molar-refractivity contribution in [2.45, 2.75) is 26.8 Å². The summed E-state index contributed by atoms with van der Waals surface area (Å²) in [7, 11) is 0. The molecule has 2 aromatic rings. The maximum Gasteiger partial charge on any atom is 0.345 e. The number of hydrogen-bond acceptors (Lipinski definition) is 5. The van der Waals surface area contributed by atoms with Gasteiger partial charge in [0.2, 0.25) is 0 Å². The number of hydrogen-bond donors (Lipinski definition) is 0. The van der Waals surface area contributed by atoms with Crippen molar-refractivity contribution in [3.8, 4) is 0 Å². The van der Waals surface area contributed by atoms with Gasteiger partial charge in [-0.3, -0.25) is 14.9 Å². The molecule has 7 nitrogen and oxygen atoms in total. The Bertz CT molecular complexity index is 867. The third kappa shape index (κ3) is 5.79. The molecule has 0 spiro atoms. The average molecular weight is 405 g/mol. The molecule has 0 unspecified atom stereocenters. The number of rotatable bonds is 8. The van der Waals surface area contributed by atoms with Gasteiger partial charge in [0.15, 0.2) is 6.61 Å². The van der Waals surface area contributed by atoms with E-state index >= 15 is 0 Å². The largest absolute Gasteiger partial charge is 0.452 e. The highest BCUT2D eigenvalue weighted by atomic mass is 35.5. The molecule has 0 bridgehead atoms. The Kier molecular flexibility index (Phi) is 7.52. The van der Waals surface area contributed by atoms with Crippen molar-refractivity contribution in [3.63, 3.8) is 0 Å². The van der Waals surface area contributed by atoms with Gasteiger partial charge in [0.25, 0.3) is 11.6 Å². The molecular weight excluding hydrogens is 384 g/mol. The first-order valence-corrected chi connectivity index (χ1v) is 9.14. The first kappa shape index (κ1) is 21.4. The highest BCUT2D eigenvalue weighted by Crippen LogP contribution is 2.24. The molecule has 8 heteroatoms. The minimum absolute atomic E-state index is 0.131. The third-order valence-corrected chi connectivity index (χ3v) is 4.28. The van der Waals surface area contributed by atoms with Gasteiger partial charge in [-0.15, -0.1) is 0 Å². The summed E-state index contributed by atoms with van der Waals surface area (Å²) < 4.78 is 5.03. The number of halogens is 1. The van der Waals surface area contributed by atoms with Crippen LogP contribution < -0.4 is 0 Å². The zero-order valence-electron chi connectivity index (χ0n) is 15.7. The van der Waals surface area contributed by atoms with Crippen LogP contribution in [0.2, 0.25) is 5.02 Å². The summed E-state index contributed by atoms with van der Waals surface area (Å²) >= 11 is 5.74. The second kappa shape index (κ2) is 9.85. The standard InChI is InChI=1S/C20H21ClN2O5/c1-3-10-22(12-15-6-4-14(2)5-7-15)19(24)13-28-20(25)17-9-8-16(21)11-18(17)23(26)27/h4-9,11H,3,10,12-13H2,1-2H3. The number of carbonyl (C=O) groups excluding carboxylic acids is 2. The van der Waals surface area contributed by atoms with Crippen LogP contribution in [0.4, 0.5) is 5.69 Å². The number of aryl methyl sites for hydroxylation is 1. The highest BCUT2D eigenvalue weighted by molar-refractivity contribution is 6.31. The molecule has 0 atom stereocenters. The Morgan fingerprint density at radius 3 is 2.46 bits per heavy atom. The molecule has 1 amide bonds. The van der Waals surface area contributed by atoms with Crippen molar-refractivity contribution in [1.29, 1.82) is 0 Å². The van der Waals surface area contributed by atoms with E-state index < -0.39 is 23.2 Å². The fraction of sp³-hybridized carbons (Fsp3) is 0.300. The summed E-state index contributed by atoms with van der Waals surface area (Å²) in [6.45, 7) is 4.33. The minimum Gasteiger partial charge on any atom is -0.452 e. The van der Waals surface area contributed by atoms with E-state index in [1.54, 1.807) is 4.90 Å². The van der Waals surface area contributed by atoms with E-state index in [0.29, 0.717) is 13.1 Å². The zero-order chi connectivity index (χ0) is 20.7. The van der Waals surface area contributed by atoms with Gasteiger partial charge < -0.3 is 9.64 Å². The lowest BCUT2D eigenvalue weighted by molar-refractivity contribution is -0.385. The Labute approximate surface area is 168 Å². The topological polar surface area (TPSA) is 89.8 Å². The smallest absolute Gasteiger partial charge is 0.345 e. The van der Waals surface area contributed by atoms with Crippen LogP contribution in [0.3, 0.4) is 0 Å². The first-order valence-electron chi connectivity index (χ1n) is 8.76. The molecule has 0 saturated carbocycles. The van der Waals surface area contributed by atoms with Gasteiger partial charge in [-0.1, -0.05) is 48.4 Å². The van der Waals surface area contributed by atoms with Gasteiger partial charge in [-0.05, 0) is 31.0 Å². The molecule has 148 valence electrons. The van der Waals surface area contributed by atoms with Crippen molar-refractivity contribution in [1.82, 2.24) is 4.90 Å². The molecule has 0 aliphatic heterocycles. The number of esters is 1. The number of benzene rings is 2. The zero-order valence-corrected chi connectivity index (χ0v) is 16.4. The van der Waals surface area contributed by atoms with Crippen LogP contribution in [0.1, 0.15) is 34.8 Å². The van der Waals surface area contributed by atoms with Crippen LogP contribution >= 0.6 is 11.6 Å². The fourth-order valence-corrected chi connectivity index (χ4v) is 2.77. The molecule has 0 N–H and O–H groups in total. The second-order valence-electron chi connectivity index (χ2n) is 6.30. The Hall–Kier alpha value is -2.93. The number of amides is 1. The summed E-state index contributed by atoms with van der Waals surface area (Å²) in [5.74, 6) is -1.31. The molecular formula is C20H21ClN2O5. The van der Waals surface area contributed by atoms with Gasteiger partial charge in [-0.2, -0.15) is 0 Å². The highest BCUT2D eigenvalue weighted by Gasteiger charge is 2.23. The summed E-state index contributed by atoms with van der Waals surface area (Å²) in [6, 6.07) is 11.4. The number of ether oxygens (including phenoxy) is 1. The maximum absolute atomic E-state index is 12.5. The lowest BCUT2D eigenvalue weighted by atomic mass is 10.1. The van der Waals surface area contributed by atoms with E-state index in [9.17, 15) is 19.7 Å². The van der Waals surface area contributed by atoms with Crippen LogP contribution in [0, 0.1) is 17.0 Å². The number of nitro benzene ring substituents is 1. The molecule has 0 aromatic heterocycles. The average Bonchev–Trinajstić information content (AvgIpc) is 2.67. The molecule has 0 saturated heterocycles. The maximum atomic E-state index is 12.5. The van der Waals surface area contributed by atoms with E-state index in [1.165, 1.54) is 12.1 Å². The van der Waals surface area contributed by atoms with Gasteiger partial charge >= 0.3 is 5.97 Å². The number of nitro groups is 1. The number of carbonyl (C=O) groups is 2. The molecule has 0 heterocycles. The Morgan fingerprint density at radius 1 is 1.18 bits per heavy atom. The van der Waals surface area contributed by atoms with Crippen molar-refractivity contribution in [2.75, 3.05) is 13.2 Å². The predicted molar refractivity (Wildman–Crippen MR) is 105 cm³/mol. The summed E-state index contributed by atoms with van der Waals surface area (Å²) in [5, 5.41) is 11.2. The van der Waals surface area contributed by atoms with Crippen molar-refractivity contribution >= 4 is 29.2 Å². The second-order valence-corrected chi connectivity index (χ2v) is 6.73. The normalized spacial score (nSPS) is 10.4. The fourth-order valence-electron chi connectivity index (χ4n) is 2.60. The predicted octanol–water partition coefficient (Wildman–Crippen LogP) is 4.15. The van der Waals surface area contributed by atoms with E-state index in [1.807, 2.05) is 38.1 Å². The van der Waals surface area contributed by atoms with Gasteiger partial charge in [-0.25, -0.2) is 4.79 Å². The van der Waals surface area contributed by atoms with Crippen LogP contribution in [-0.4, -0.2) is 34.9 Å². The van der Waals surface area contributed by atoms with Crippen molar-refractivity contribution < 1.29 is 19.2 Å². The van der Waals surface area contributed by atoms with Crippen LogP contribution in [0.5, 0.6) is 0 Å². The van der Waals surface area contributed by atoms with Crippen LogP contribution in [0.15, 0.2) is 42.5 Å². The molecule has 28 heavy (non-hydrogen) atoms. The van der Waals surface area contributed by atoms with Crippen molar-refractivity contribution in [3.05, 3.63) is 74.3 Å². The monoisotopic (exact) mass is 404 g/mol. The lowest BCUT2D eigenvalue weighted by Crippen LogP contribution is -2.35. The Balaban J connectivity index is 2.05. The SMILES string of the molecule is CCCN(Cc1ccc(C)cc1)C(=O)COC(=O)c1ccc(Cl)cc1[N+](=O)[O-]. The molecule has 0 fully saturated rings. The van der Waals surface area contributed by atoms with Gasteiger partial charge in [0.1, 0.15) is 5.56 Å². The lowest BCUT2D eigenvalue weighted by Gasteiger charge is -2.22. The van der Waals surface area contributed by atoms with Gasteiger partial charge in [0.05, 0.1) is 4.92 Å². The molecule has 2 aromatic carbocycles. The molecule has 0 aliphatic carbocycles. The van der Waals surface area contributed by atoms with Crippen LogP contribution in [-0.2, 0) is 16.1 Å². The molecule has 0 radical (unpaired) electrons. The summed E-state index contributed by atoms with van der Waals surface area (Å²) in [6.07, 6.45) is 0.744. The summed E-state index contributed by atoms with van der Waals surface area (Å²) in [5.41, 5.74) is 1.38. The van der Waals surface area contributed by atoms with E-state index in [4.69, 9.17) is 16.3 Å². The minimum atomic E-state index is -0.941. The van der Waals surface area contributed by atoms with Crippen molar-refractivity contribution in [2.24, 2.45) is 0 Å². The number of nitrogens with zero attached hydrogens (tertiary/aromatic N) is 2. The first-order chi connectivity index (χ1) is 13.3. The summed E-state index contributed by atoms with van der Waals surface area (Å²) in [4.78, 5) is 36.7.